The normalized spacial score (nSPS) is 9.88. The number of hydrogen-bond donors (Lipinski definition) is 2. The van der Waals surface area contributed by atoms with Crippen molar-refractivity contribution >= 4 is 40.9 Å². The summed E-state index contributed by atoms with van der Waals surface area (Å²) in [6.45, 7) is -0.168. The Labute approximate surface area is 150 Å². The highest BCUT2D eigenvalue weighted by Crippen LogP contribution is 2.22. The predicted molar refractivity (Wildman–Crippen MR) is 98.6 cm³/mol. The summed E-state index contributed by atoms with van der Waals surface area (Å²) in [4.78, 5) is 25.0. The molecule has 2 aromatic carbocycles. The summed E-state index contributed by atoms with van der Waals surface area (Å²) in [5.74, 6) is 1.74. The van der Waals surface area contributed by atoms with Crippen molar-refractivity contribution in [3.63, 3.8) is 0 Å². The van der Waals surface area contributed by atoms with Gasteiger partial charge in [0, 0.05) is 16.1 Å². The molecule has 0 heterocycles. The van der Waals surface area contributed by atoms with Gasteiger partial charge in [0.1, 0.15) is 0 Å². The zero-order valence-electron chi connectivity index (χ0n) is 12.9. The molecule has 0 aliphatic heterocycles. The largest absolute Gasteiger partial charge is 0.343 e. The number of amides is 2. The average molecular weight is 359 g/mol. The molecule has 0 saturated carbocycles. The third-order valence-electron chi connectivity index (χ3n) is 3.14. The van der Waals surface area contributed by atoms with Gasteiger partial charge in [0.2, 0.25) is 5.91 Å². The molecule has 0 fully saturated rings. The number of carbonyl (C=O) groups excluding carboxylic acids is 2. The van der Waals surface area contributed by atoms with Gasteiger partial charge in [0.15, 0.2) is 0 Å². The highest BCUT2D eigenvalue weighted by molar-refractivity contribution is 7.98. The third kappa shape index (κ3) is 4.79. The van der Waals surface area contributed by atoms with Gasteiger partial charge in [0.05, 0.1) is 17.1 Å². The van der Waals surface area contributed by atoms with Gasteiger partial charge in [-0.05, 0) is 42.7 Å². The monoisotopic (exact) mass is 358 g/mol. The molecular formula is C18H15ClN2O2S. The Morgan fingerprint density at radius 1 is 1.25 bits per heavy atom. The first-order valence-electron chi connectivity index (χ1n) is 7.01. The molecule has 24 heavy (non-hydrogen) atoms. The van der Waals surface area contributed by atoms with E-state index in [2.05, 4.69) is 16.6 Å². The van der Waals surface area contributed by atoms with Gasteiger partial charge in [-0.1, -0.05) is 23.6 Å². The molecule has 0 bridgehead atoms. The van der Waals surface area contributed by atoms with Gasteiger partial charge in [-0.25, -0.2) is 0 Å². The average Bonchev–Trinajstić information content (AvgIpc) is 2.60. The van der Waals surface area contributed by atoms with Crippen molar-refractivity contribution in [2.75, 3.05) is 18.1 Å². The maximum Gasteiger partial charge on any atom is 0.253 e. The van der Waals surface area contributed by atoms with Gasteiger partial charge >= 0.3 is 0 Å². The molecule has 0 unspecified atom stereocenters. The fourth-order valence-corrected chi connectivity index (χ4v) is 2.60. The summed E-state index contributed by atoms with van der Waals surface area (Å²) in [6, 6.07) is 12.1. The summed E-state index contributed by atoms with van der Waals surface area (Å²) < 4.78 is 0. The number of anilines is 1. The van der Waals surface area contributed by atoms with Crippen LogP contribution in [-0.2, 0) is 4.79 Å². The molecule has 2 rings (SSSR count). The van der Waals surface area contributed by atoms with Gasteiger partial charge < -0.3 is 10.6 Å². The molecule has 2 amide bonds. The van der Waals surface area contributed by atoms with Crippen LogP contribution in [0.15, 0.2) is 47.4 Å². The van der Waals surface area contributed by atoms with E-state index in [9.17, 15) is 9.59 Å². The van der Waals surface area contributed by atoms with Crippen LogP contribution in [0.3, 0.4) is 0 Å². The van der Waals surface area contributed by atoms with Crippen LogP contribution in [0.4, 0.5) is 5.69 Å². The summed E-state index contributed by atoms with van der Waals surface area (Å²) in [5, 5.41) is 5.57. The van der Waals surface area contributed by atoms with Crippen LogP contribution in [0, 0.1) is 12.3 Å². The minimum absolute atomic E-state index is 0.168. The summed E-state index contributed by atoms with van der Waals surface area (Å²) in [6.07, 6.45) is 7.22. The van der Waals surface area contributed by atoms with Crippen molar-refractivity contribution in [3.05, 3.63) is 58.6 Å². The molecule has 0 aliphatic carbocycles. The highest BCUT2D eigenvalue weighted by Gasteiger charge is 2.12. The summed E-state index contributed by atoms with van der Waals surface area (Å²) in [7, 11) is 0. The van der Waals surface area contributed by atoms with Crippen LogP contribution in [0.5, 0.6) is 0 Å². The molecule has 4 nitrogen and oxygen atoms in total. The van der Waals surface area contributed by atoms with Crippen LogP contribution < -0.4 is 10.6 Å². The predicted octanol–water partition coefficient (Wildman–Crippen LogP) is 3.41. The van der Waals surface area contributed by atoms with Crippen LogP contribution >= 0.6 is 23.4 Å². The van der Waals surface area contributed by atoms with Crippen molar-refractivity contribution < 1.29 is 9.59 Å². The van der Waals surface area contributed by atoms with E-state index in [0.717, 1.165) is 4.90 Å². The fraction of sp³-hybridized carbons (Fsp3) is 0.111. The standard InChI is InChI=1S/C18H15ClN2O2S/c1-3-12-5-4-6-13(9-12)21-17(22)11-20-18(23)15-10-14(24-2)7-8-16(15)19/h1,4-10H,11H2,2H3,(H,20,23)(H,21,22). The number of thioether (sulfide) groups is 1. The second-order valence-electron chi connectivity index (χ2n) is 4.80. The lowest BCUT2D eigenvalue weighted by molar-refractivity contribution is -0.115. The van der Waals surface area contributed by atoms with Crippen molar-refractivity contribution in [3.8, 4) is 12.3 Å². The molecule has 0 spiro atoms. The van der Waals surface area contributed by atoms with E-state index >= 15 is 0 Å². The van der Waals surface area contributed by atoms with Gasteiger partial charge in [-0.15, -0.1) is 18.2 Å². The zero-order chi connectivity index (χ0) is 17.5. The molecule has 0 radical (unpaired) electrons. The van der Waals surface area contributed by atoms with Crippen LogP contribution in [-0.4, -0.2) is 24.6 Å². The summed E-state index contributed by atoms with van der Waals surface area (Å²) in [5.41, 5.74) is 1.58. The molecule has 2 N–H and O–H groups in total. The van der Waals surface area contributed by atoms with E-state index < -0.39 is 5.91 Å². The van der Waals surface area contributed by atoms with Gasteiger partial charge in [0.25, 0.3) is 5.91 Å². The number of carbonyl (C=O) groups is 2. The van der Waals surface area contributed by atoms with Crippen molar-refractivity contribution in [1.82, 2.24) is 5.32 Å². The SMILES string of the molecule is C#Cc1cccc(NC(=O)CNC(=O)c2cc(SC)ccc2Cl)c1. The zero-order valence-corrected chi connectivity index (χ0v) is 14.5. The van der Waals surface area contributed by atoms with E-state index in [1.165, 1.54) is 11.8 Å². The number of hydrogen-bond acceptors (Lipinski definition) is 3. The Kier molecular flexibility index (Phi) is 6.30. The lowest BCUT2D eigenvalue weighted by Crippen LogP contribution is -2.33. The van der Waals surface area contributed by atoms with Crippen LogP contribution in [0.25, 0.3) is 0 Å². The van der Waals surface area contributed by atoms with E-state index in [1.54, 1.807) is 36.4 Å². The summed E-state index contributed by atoms with van der Waals surface area (Å²) >= 11 is 7.54. The minimum Gasteiger partial charge on any atom is -0.343 e. The fourth-order valence-electron chi connectivity index (χ4n) is 1.95. The van der Waals surface area contributed by atoms with Crippen LogP contribution in [0.1, 0.15) is 15.9 Å². The molecule has 0 saturated heterocycles. The van der Waals surface area contributed by atoms with Crippen LogP contribution in [0.2, 0.25) is 5.02 Å². The lowest BCUT2D eigenvalue weighted by atomic mass is 10.2. The molecule has 0 atom stereocenters. The Morgan fingerprint density at radius 3 is 2.75 bits per heavy atom. The number of rotatable bonds is 5. The van der Waals surface area contributed by atoms with Crippen molar-refractivity contribution in [1.29, 1.82) is 0 Å². The maximum atomic E-state index is 12.2. The smallest absolute Gasteiger partial charge is 0.253 e. The Morgan fingerprint density at radius 2 is 2.04 bits per heavy atom. The number of terminal acetylenes is 1. The molecule has 6 heteroatoms. The molecule has 122 valence electrons. The number of benzene rings is 2. The van der Waals surface area contributed by atoms with E-state index in [0.29, 0.717) is 21.8 Å². The van der Waals surface area contributed by atoms with Crippen molar-refractivity contribution in [2.24, 2.45) is 0 Å². The number of nitrogens with one attached hydrogen (secondary N) is 2. The quantitative estimate of drug-likeness (QED) is 0.636. The number of halogens is 1. The Bertz CT molecular complexity index is 815. The van der Waals surface area contributed by atoms with Gasteiger partial charge in [-0.2, -0.15) is 0 Å². The Hall–Kier alpha value is -2.42. The maximum absolute atomic E-state index is 12.2. The Balaban J connectivity index is 1.96. The molecule has 0 aromatic heterocycles. The highest BCUT2D eigenvalue weighted by atomic mass is 35.5. The van der Waals surface area contributed by atoms with E-state index in [4.69, 9.17) is 18.0 Å². The van der Waals surface area contributed by atoms with Gasteiger partial charge in [-0.3, -0.25) is 9.59 Å². The topological polar surface area (TPSA) is 58.2 Å². The minimum atomic E-state index is -0.400. The van der Waals surface area contributed by atoms with E-state index in [-0.39, 0.29) is 12.5 Å². The first-order valence-corrected chi connectivity index (χ1v) is 8.62. The lowest BCUT2D eigenvalue weighted by Gasteiger charge is -2.09. The first-order chi connectivity index (χ1) is 11.5. The third-order valence-corrected chi connectivity index (χ3v) is 4.20. The molecular weight excluding hydrogens is 344 g/mol. The van der Waals surface area contributed by atoms with E-state index in [1.807, 2.05) is 12.3 Å². The molecule has 2 aromatic rings. The second kappa shape index (κ2) is 8.44. The first kappa shape index (κ1) is 17.9. The molecule has 0 aliphatic rings. The van der Waals surface area contributed by atoms with Crippen molar-refractivity contribution in [2.45, 2.75) is 4.90 Å². The second-order valence-corrected chi connectivity index (χ2v) is 6.09.